The lowest BCUT2D eigenvalue weighted by atomic mass is 10.1. The van der Waals surface area contributed by atoms with Crippen LogP contribution in [0.15, 0.2) is 24.3 Å². The molecule has 1 aromatic carbocycles. The molecule has 1 heterocycles. The van der Waals surface area contributed by atoms with Crippen LogP contribution in [0.5, 0.6) is 0 Å². The molecular weight excluding hydrogens is 306 g/mol. The first kappa shape index (κ1) is 17.5. The molecule has 7 nitrogen and oxygen atoms in total. The fourth-order valence-electron chi connectivity index (χ4n) is 2.74. The minimum atomic E-state index is -0.334. The highest BCUT2D eigenvalue weighted by Crippen LogP contribution is 2.20. The number of benzene rings is 1. The molecule has 7 heteroatoms. The topological polar surface area (TPSA) is 88.1 Å². The van der Waals surface area contributed by atoms with Crippen LogP contribution in [-0.2, 0) is 7.05 Å². The van der Waals surface area contributed by atoms with Crippen LogP contribution in [-0.4, -0.2) is 28.8 Å². The molecule has 3 amide bonds. The van der Waals surface area contributed by atoms with Crippen molar-refractivity contribution in [3.63, 3.8) is 0 Å². The van der Waals surface area contributed by atoms with E-state index in [0.29, 0.717) is 11.3 Å². The lowest BCUT2D eigenvalue weighted by molar-refractivity contribution is 0.0963. The number of carbonyl (C=O) groups excluding carboxylic acids is 2. The molecule has 1 aromatic heterocycles. The van der Waals surface area contributed by atoms with E-state index in [2.05, 4.69) is 21.0 Å². The van der Waals surface area contributed by atoms with Crippen molar-refractivity contribution in [2.24, 2.45) is 7.05 Å². The van der Waals surface area contributed by atoms with Gasteiger partial charge in [0.1, 0.15) is 0 Å². The Balaban J connectivity index is 2.07. The molecule has 2 rings (SSSR count). The number of urea groups is 1. The van der Waals surface area contributed by atoms with E-state index >= 15 is 0 Å². The zero-order chi connectivity index (χ0) is 17.9. The summed E-state index contributed by atoms with van der Waals surface area (Å²) in [5.41, 5.74) is 3.96. The standard InChI is InChI=1S/C17H23N5O2/c1-10(15-11(2)21-22(5)12(15)3)19-17(24)20-14-8-6-7-13(9-14)16(23)18-4/h6-10H,1-5H3,(H,18,23)(H2,19,20,24). The third-order valence-electron chi connectivity index (χ3n) is 3.96. The zero-order valence-corrected chi connectivity index (χ0v) is 14.6. The SMILES string of the molecule is CNC(=O)c1cccc(NC(=O)NC(C)c2c(C)nn(C)c2C)c1. The molecule has 2 aromatic rings. The van der Waals surface area contributed by atoms with Crippen molar-refractivity contribution in [3.8, 4) is 0 Å². The van der Waals surface area contributed by atoms with Gasteiger partial charge in [-0.2, -0.15) is 5.10 Å². The summed E-state index contributed by atoms with van der Waals surface area (Å²) in [7, 11) is 3.44. The van der Waals surface area contributed by atoms with Gasteiger partial charge in [0.2, 0.25) is 0 Å². The van der Waals surface area contributed by atoms with Crippen LogP contribution >= 0.6 is 0 Å². The summed E-state index contributed by atoms with van der Waals surface area (Å²) < 4.78 is 1.80. The number of hydrogen-bond donors (Lipinski definition) is 3. The number of aromatic nitrogens is 2. The van der Waals surface area contributed by atoms with E-state index in [0.717, 1.165) is 17.0 Å². The van der Waals surface area contributed by atoms with Crippen molar-refractivity contribution in [2.75, 3.05) is 12.4 Å². The number of rotatable bonds is 4. The Morgan fingerprint density at radius 3 is 2.54 bits per heavy atom. The summed E-state index contributed by atoms with van der Waals surface area (Å²) in [5, 5.41) is 12.6. The average Bonchev–Trinajstić information content (AvgIpc) is 2.79. The molecular formula is C17H23N5O2. The smallest absolute Gasteiger partial charge is 0.319 e. The summed E-state index contributed by atoms with van der Waals surface area (Å²) in [6, 6.07) is 6.26. The quantitative estimate of drug-likeness (QED) is 0.804. The number of aryl methyl sites for hydroxylation is 2. The van der Waals surface area contributed by atoms with Crippen molar-refractivity contribution in [3.05, 3.63) is 46.8 Å². The molecule has 0 saturated carbocycles. The Bertz CT molecular complexity index is 766. The molecule has 128 valence electrons. The minimum Gasteiger partial charge on any atom is -0.355 e. The van der Waals surface area contributed by atoms with Gasteiger partial charge in [0.15, 0.2) is 0 Å². The van der Waals surface area contributed by atoms with E-state index in [1.165, 1.54) is 0 Å². The van der Waals surface area contributed by atoms with Crippen LogP contribution in [0.2, 0.25) is 0 Å². The second-order valence-corrected chi connectivity index (χ2v) is 5.69. The molecule has 0 aliphatic carbocycles. The van der Waals surface area contributed by atoms with E-state index in [1.807, 2.05) is 27.8 Å². The molecule has 1 unspecified atom stereocenters. The van der Waals surface area contributed by atoms with Crippen molar-refractivity contribution < 1.29 is 9.59 Å². The van der Waals surface area contributed by atoms with E-state index in [9.17, 15) is 9.59 Å². The van der Waals surface area contributed by atoms with Crippen LogP contribution in [0.4, 0.5) is 10.5 Å². The summed E-state index contributed by atoms with van der Waals surface area (Å²) in [4.78, 5) is 23.9. The van der Waals surface area contributed by atoms with Crippen LogP contribution < -0.4 is 16.0 Å². The third-order valence-corrected chi connectivity index (χ3v) is 3.96. The summed E-state index contributed by atoms with van der Waals surface area (Å²) in [6.45, 7) is 5.81. The minimum absolute atomic E-state index is 0.180. The number of anilines is 1. The lowest BCUT2D eigenvalue weighted by Crippen LogP contribution is -2.31. The third kappa shape index (κ3) is 3.73. The monoisotopic (exact) mass is 329 g/mol. The van der Waals surface area contributed by atoms with Crippen LogP contribution in [0.1, 0.15) is 40.3 Å². The Morgan fingerprint density at radius 2 is 1.96 bits per heavy atom. The van der Waals surface area contributed by atoms with Gasteiger partial charge in [-0.15, -0.1) is 0 Å². The second-order valence-electron chi connectivity index (χ2n) is 5.69. The van der Waals surface area contributed by atoms with E-state index in [4.69, 9.17) is 0 Å². The van der Waals surface area contributed by atoms with E-state index in [1.54, 1.807) is 36.0 Å². The molecule has 0 saturated heterocycles. The molecule has 24 heavy (non-hydrogen) atoms. The number of nitrogens with one attached hydrogen (secondary N) is 3. The van der Waals surface area contributed by atoms with Crippen molar-refractivity contribution >= 4 is 17.6 Å². The van der Waals surface area contributed by atoms with Gasteiger partial charge in [-0.25, -0.2) is 4.79 Å². The first-order valence-electron chi connectivity index (χ1n) is 7.73. The summed E-state index contributed by atoms with van der Waals surface area (Å²) >= 11 is 0. The molecule has 0 bridgehead atoms. The largest absolute Gasteiger partial charge is 0.355 e. The molecule has 0 aliphatic rings. The molecule has 0 aliphatic heterocycles. The Hall–Kier alpha value is -2.83. The van der Waals surface area contributed by atoms with Gasteiger partial charge in [0, 0.05) is 36.6 Å². The van der Waals surface area contributed by atoms with Gasteiger partial charge in [-0.1, -0.05) is 6.07 Å². The van der Waals surface area contributed by atoms with Crippen molar-refractivity contribution in [1.82, 2.24) is 20.4 Å². The van der Waals surface area contributed by atoms with Crippen LogP contribution in [0, 0.1) is 13.8 Å². The van der Waals surface area contributed by atoms with Crippen molar-refractivity contribution in [1.29, 1.82) is 0 Å². The Labute approximate surface area is 141 Å². The first-order valence-corrected chi connectivity index (χ1v) is 7.73. The predicted molar refractivity (Wildman–Crippen MR) is 93.1 cm³/mol. The van der Waals surface area contributed by atoms with Gasteiger partial charge >= 0.3 is 6.03 Å². The molecule has 0 spiro atoms. The highest BCUT2D eigenvalue weighted by molar-refractivity contribution is 5.96. The molecule has 3 N–H and O–H groups in total. The normalized spacial score (nSPS) is 11.7. The van der Waals surface area contributed by atoms with Crippen LogP contribution in [0.25, 0.3) is 0 Å². The number of hydrogen-bond acceptors (Lipinski definition) is 3. The van der Waals surface area contributed by atoms with E-state index < -0.39 is 0 Å². The molecule has 1 atom stereocenters. The number of amides is 3. The van der Waals surface area contributed by atoms with Crippen molar-refractivity contribution in [2.45, 2.75) is 26.8 Å². The predicted octanol–water partition coefficient (Wildman–Crippen LogP) is 2.28. The van der Waals surface area contributed by atoms with Gasteiger partial charge < -0.3 is 16.0 Å². The fraction of sp³-hybridized carbons (Fsp3) is 0.353. The second kappa shape index (κ2) is 7.16. The maximum atomic E-state index is 12.2. The maximum absolute atomic E-state index is 12.2. The lowest BCUT2D eigenvalue weighted by Gasteiger charge is -2.16. The zero-order valence-electron chi connectivity index (χ0n) is 14.6. The number of carbonyl (C=O) groups is 2. The van der Waals surface area contributed by atoms with Gasteiger partial charge in [-0.05, 0) is 39.0 Å². The highest BCUT2D eigenvalue weighted by atomic mass is 16.2. The Morgan fingerprint density at radius 1 is 1.25 bits per heavy atom. The van der Waals surface area contributed by atoms with Gasteiger partial charge in [0.05, 0.1) is 11.7 Å². The molecule has 0 radical (unpaired) electrons. The molecule has 0 fully saturated rings. The van der Waals surface area contributed by atoms with E-state index in [-0.39, 0.29) is 18.0 Å². The van der Waals surface area contributed by atoms with Crippen LogP contribution in [0.3, 0.4) is 0 Å². The summed E-state index contributed by atoms with van der Waals surface area (Å²) in [5.74, 6) is -0.200. The fourth-order valence-corrected chi connectivity index (χ4v) is 2.74. The Kier molecular flexibility index (Phi) is 5.23. The van der Waals surface area contributed by atoms with Gasteiger partial charge in [0.25, 0.3) is 5.91 Å². The number of nitrogens with zero attached hydrogens (tertiary/aromatic N) is 2. The average molecular weight is 329 g/mol. The maximum Gasteiger partial charge on any atom is 0.319 e. The first-order chi connectivity index (χ1) is 11.3. The van der Waals surface area contributed by atoms with Gasteiger partial charge in [-0.3, -0.25) is 9.48 Å². The summed E-state index contributed by atoms with van der Waals surface area (Å²) in [6.07, 6.45) is 0. The highest BCUT2D eigenvalue weighted by Gasteiger charge is 2.18.